The van der Waals surface area contributed by atoms with E-state index < -0.39 is 12.6 Å². The smallest absolute Gasteiger partial charge is 0.390 e. The number of halogens is 3. The third-order valence-corrected chi connectivity index (χ3v) is 2.65. The Bertz CT molecular complexity index is 217. The summed E-state index contributed by atoms with van der Waals surface area (Å²) in [4.78, 5) is 2.03. The molecule has 0 spiro atoms. The molecule has 2 N–H and O–H groups in total. The Hall–Kier alpha value is -0.360. The normalized spacial score (nSPS) is 24.1. The van der Waals surface area contributed by atoms with E-state index in [0.29, 0.717) is 11.5 Å². The number of hydrogen-bond donors (Lipinski definition) is 1. The first-order valence-corrected chi connectivity index (χ1v) is 4.91. The zero-order valence-corrected chi connectivity index (χ0v) is 8.50. The average molecular weight is 226 g/mol. The van der Waals surface area contributed by atoms with Crippen molar-refractivity contribution in [1.82, 2.24) is 4.90 Å². The van der Waals surface area contributed by atoms with E-state index in [2.05, 4.69) is 0 Å². The Morgan fingerprint density at radius 3 is 2.64 bits per heavy atom. The minimum Gasteiger partial charge on any atom is -0.392 e. The van der Waals surface area contributed by atoms with E-state index in [1.54, 1.807) is 4.90 Å². The van der Waals surface area contributed by atoms with Crippen molar-refractivity contribution in [2.24, 2.45) is 5.73 Å². The Morgan fingerprint density at radius 1 is 1.50 bits per heavy atom. The van der Waals surface area contributed by atoms with Crippen LogP contribution in [0.4, 0.5) is 13.2 Å². The van der Waals surface area contributed by atoms with Gasteiger partial charge in [0, 0.05) is 6.54 Å². The predicted molar refractivity (Wildman–Crippen MR) is 52.1 cm³/mol. The number of nitrogens with zero attached hydrogens (tertiary/aromatic N) is 1. The highest BCUT2D eigenvalue weighted by Gasteiger charge is 2.32. The van der Waals surface area contributed by atoms with Crippen molar-refractivity contribution in [2.75, 3.05) is 13.1 Å². The largest absolute Gasteiger partial charge is 0.392 e. The fourth-order valence-electron chi connectivity index (χ4n) is 1.69. The Labute approximate surface area is 86.2 Å². The van der Waals surface area contributed by atoms with Gasteiger partial charge in [-0.15, -0.1) is 0 Å². The molecule has 0 radical (unpaired) electrons. The summed E-state index contributed by atoms with van der Waals surface area (Å²) in [5, 5.41) is 0. The van der Waals surface area contributed by atoms with Crippen LogP contribution in [0.1, 0.15) is 19.3 Å². The molecule has 1 rings (SSSR count). The molecule has 1 fully saturated rings. The molecule has 14 heavy (non-hydrogen) atoms. The van der Waals surface area contributed by atoms with Gasteiger partial charge in [-0.2, -0.15) is 13.2 Å². The minimum absolute atomic E-state index is 0.00546. The van der Waals surface area contributed by atoms with E-state index in [9.17, 15) is 13.2 Å². The van der Waals surface area contributed by atoms with E-state index in [1.165, 1.54) is 0 Å². The number of rotatable bonds is 3. The molecule has 2 nitrogen and oxygen atoms in total. The van der Waals surface area contributed by atoms with Crippen molar-refractivity contribution in [1.29, 1.82) is 0 Å². The first-order chi connectivity index (χ1) is 6.40. The lowest BCUT2D eigenvalue weighted by Crippen LogP contribution is -2.40. The molecule has 1 atom stereocenters. The zero-order valence-electron chi connectivity index (χ0n) is 7.68. The van der Waals surface area contributed by atoms with E-state index >= 15 is 0 Å². The van der Waals surface area contributed by atoms with Crippen molar-refractivity contribution >= 4 is 17.2 Å². The van der Waals surface area contributed by atoms with Gasteiger partial charge in [0.05, 0.1) is 17.5 Å². The van der Waals surface area contributed by atoms with Crippen LogP contribution in [0.5, 0.6) is 0 Å². The molecule has 0 amide bonds. The molecule has 1 aliphatic rings. The van der Waals surface area contributed by atoms with Gasteiger partial charge in [0.15, 0.2) is 0 Å². The van der Waals surface area contributed by atoms with Crippen molar-refractivity contribution < 1.29 is 13.2 Å². The summed E-state index contributed by atoms with van der Waals surface area (Å²) in [6.07, 6.45) is -3.22. The molecule has 1 heterocycles. The average Bonchev–Trinajstić information content (AvgIpc) is 2.46. The third-order valence-electron chi connectivity index (χ3n) is 2.37. The molecule has 1 unspecified atom stereocenters. The van der Waals surface area contributed by atoms with Crippen LogP contribution in [0.2, 0.25) is 0 Å². The lowest BCUT2D eigenvalue weighted by Gasteiger charge is -2.23. The molecule has 1 saturated heterocycles. The van der Waals surface area contributed by atoms with Gasteiger partial charge >= 0.3 is 6.18 Å². The van der Waals surface area contributed by atoms with Crippen LogP contribution in [-0.4, -0.2) is 35.2 Å². The second kappa shape index (κ2) is 4.44. The maximum absolute atomic E-state index is 11.9. The van der Waals surface area contributed by atoms with Gasteiger partial charge in [-0.1, -0.05) is 12.2 Å². The van der Waals surface area contributed by atoms with Gasteiger partial charge in [-0.25, -0.2) is 0 Å². The summed E-state index contributed by atoms with van der Waals surface area (Å²) >= 11 is 4.79. The summed E-state index contributed by atoms with van der Waals surface area (Å²) < 4.78 is 35.8. The van der Waals surface area contributed by atoms with Gasteiger partial charge in [0.2, 0.25) is 0 Å². The highest BCUT2D eigenvalue weighted by atomic mass is 32.1. The first-order valence-electron chi connectivity index (χ1n) is 4.50. The van der Waals surface area contributed by atoms with Crippen molar-refractivity contribution in [3.8, 4) is 0 Å². The van der Waals surface area contributed by atoms with Gasteiger partial charge in [-0.3, -0.25) is 4.90 Å². The van der Waals surface area contributed by atoms with Gasteiger partial charge in [0.1, 0.15) is 0 Å². The minimum atomic E-state index is -4.09. The summed E-state index contributed by atoms with van der Waals surface area (Å²) in [7, 11) is 0. The SMILES string of the molecule is NC(=S)C1CCCN1CCC(F)(F)F. The molecule has 0 aromatic carbocycles. The van der Waals surface area contributed by atoms with Crippen LogP contribution < -0.4 is 5.73 Å². The Balaban J connectivity index is 2.40. The fourth-order valence-corrected chi connectivity index (χ4v) is 1.95. The second-order valence-corrected chi connectivity index (χ2v) is 3.93. The molecular weight excluding hydrogens is 213 g/mol. The number of thiocarbonyl (C=S) groups is 1. The maximum atomic E-state index is 11.9. The summed E-state index contributed by atoms with van der Waals surface area (Å²) in [6.45, 7) is 0.670. The highest BCUT2D eigenvalue weighted by Crippen LogP contribution is 2.23. The van der Waals surface area contributed by atoms with Crippen LogP contribution in [-0.2, 0) is 0 Å². The third kappa shape index (κ3) is 3.42. The van der Waals surface area contributed by atoms with Gasteiger partial charge in [-0.05, 0) is 19.4 Å². The monoisotopic (exact) mass is 226 g/mol. The van der Waals surface area contributed by atoms with Crippen LogP contribution >= 0.6 is 12.2 Å². The van der Waals surface area contributed by atoms with E-state index in [1.807, 2.05) is 0 Å². The number of likely N-dealkylation sites (tertiary alicyclic amines) is 1. The first kappa shape index (κ1) is 11.7. The molecular formula is C8H13F3N2S. The molecule has 0 aromatic rings. The van der Waals surface area contributed by atoms with Gasteiger partial charge < -0.3 is 5.73 Å². The van der Waals surface area contributed by atoms with Crippen LogP contribution in [0.15, 0.2) is 0 Å². The van der Waals surface area contributed by atoms with Crippen LogP contribution in [0.25, 0.3) is 0 Å². The Morgan fingerprint density at radius 2 is 2.14 bits per heavy atom. The number of alkyl halides is 3. The predicted octanol–water partition coefficient (Wildman–Crippen LogP) is 1.69. The molecule has 82 valence electrons. The quantitative estimate of drug-likeness (QED) is 0.742. The van der Waals surface area contributed by atoms with Gasteiger partial charge in [0.25, 0.3) is 0 Å². The molecule has 1 aliphatic heterocycles. The fraction of sp³-hybridized carbons (Fsp3) is 0.875. The highest BCUT2D eigenvalue weighted by molar-refractivity contribution is 7.80. The van der Waals surface area contributed by atoms with Crippen molar-refractivity contribution in [3.05, 3.63) is 0 Å². The van der Waals surface area contributed by atoms with E-state index in [0.717, 1.165) is 12.8 Å². The zero-order chi connectivity index (χ0) is 10.8. The van der Waals surface area contributed by atoms with E-state index in [-0.39, 0.29) is 12.6 Å². The molecule has 0 aliphatic carbocycles. The molecule has 0 aromatic heterocycles. The standard InChI is InChI=1S/C8H13F3N2S/c9-8(10,11)3-5-13-4-1-2-6(13)7(12)14/h6H,1-5H2,(H2,12,14). The van der Waals surface area contributed by atoms with Crippen molar-refractivity contribution in [2.45, 2.75) is 31.5 Å². The summed E-state index contributed by atoms with van der Waals surface area (Å²) in [6, 6.07) is -0.132. The maximum Gasteiger partial charge on any atom is 0.390 e. The Kier molecular flexibility index (Phi) is 3.71. The summed E-state index contributed by atoms with van der Waals surface area (Å²) in [5.74, 6) is 0. The molecule has 0 bridgehead atoms. The van der Waals surface area contributed by atoms with Crippen molar-refractivity contribution in [3.63, 3.8) is 0 Å². The lowest BCUT2D eigenvalue weighted by molar-refractivity contribution is -0.137. The molecule has 0 saturated carbocycles. The topological polar surface area (TPSA) is 29.3 Å². The number of hydrogen-bond acceptors (Lipinski definition) is 2. The summed E-state index contributed by atoms with van der Waals surface area (Å²) in [5.41, 5.74) is 5.44. The van der Waals surface area contributed by atoms with Crippen LogP contribution in [0, 0.1) is 0 Å². The lowest BCUT2D eigenvalue weighted by atomic mass is 10.2. The van der Waals surface area contributed by atoms with Crippen LogP contribution in [0.3, 0.4) is 0 Å². The molecule has 6 heteroatoms. The van der Waals surface area contributed by atoms with E-state index in [4.69, 9.17) is 18.0 Å². The second-order valence-electron chi connectivity index (χ2n) is 3.46. The number of nitrogens with two attached hydrogens (primary N) is 1.